The molecule has 0 spiro atoms. The Morgan fingerprint density at radius 1 is 0.742 bits per heavy atom. The van der Waals surface area contributed by atoms with Gasteiger partial charge in [-0.3, -0.25) is 4.79 Å². The minimum atomic E-state index is -2.08. The minimum Gasteiger partial charge on any atom is -0.508 e. The van der Waals surface area contributed by atoms with Crippen LogP contribution in [0.3, 0.4) is 0 Å². The lowest BCUT2D eigenvalue weighted by Gasteiger charge is -2.45. The van der Waals surface area contributed by atoms with E-state index in [1.54, 1.807) is 0 Å². The van der Waals surface area contributed by atoms with Gasteiger partial charge in [0.1, 0.15) is 120 Å². The molecular formula is C41H44O21. The third kappa shape index (κ3) is 9.12. The molecule has 0 radical (unpaired) electrons. The van der Waals surface area contributed by atoms with Gasteiger partial charge in [0, 0.05) is 23.8 Å². The number of phenols is 3. The van der Waals surface area contributed by atoms with Gasteiger partial charge in [0.15, 0.2) is 11.7 Å². The van der Waals surface area contributed by atoms with E-state index in [-0.39, 0.29) is 22.8 Å². The maximum absolute atomic E-state index is 13.8. The van der Waals surface area contributed by atoms with Crippen LogP contribution in [0.1, 0.15) is 17.2 Å². The van der Waals surface area contributed by atoms with E-state index < -0.39 is 139 Å². The van der Waals surface area contributed by atoms with Gasteiger partial charge in [0.05, 0.1) is 18.8 Å². The van der Waals surface area contributed by atoms with Crippen LogP contribution >= 0.6 is 0 Å². The Hall–Kier alpha value is -5.24. The summed E-state index contributed by atoms with van der Waals surface area (Å²) in [7, 11) is 0. The van der Waals surface area contributed by atoms with Crippen molar-refractivity contribution in [2.45, 2.75) is 85.8 Å². The van der Waals surface area contributed by atoms with Crippen LogP contribution in [0.25, 0.3) is 28.4 Å². The summed E-state index contributed by atoms with van der Waals surface area (Å²) in [5.74, 6) is -2.61. The molecule has 4 heterocycles. The third-order valence-electron chi connectivity index (χ3n) is 10.6. The third-order valence-corrected chi connectivity index (χ3v) is 10.6. The highest BCUT2D eigenvalue weighted by molar-refractivity contribution is 5.88. The van der Waals surface area contributed by atoms with Crippen molar-refractivity contribution in [2.24, 2.45) is 0 Å². The summed E-state index contributed by atoms with van der Waals surface area (Å²) in [6, 6.07) is 13.4. The van der Waals surface area contributed by atoms with Crippen molar-refractivity contribution >= 4 is 23.0 Å². The fraction of sp³-hybridized carbons (Fsp3) is 0.415. The highest BCUT2D eigenvalue weighted by atomic mass is 16.7. The first-order valence-corrected chi connectivity index (χ1v) is 19.1. The van der Waals surface area contributed by atoms with Crippen molar-refractivity contribution < 1.29 is 98.9 Å². The molecule has 7 rings (SSSR count). The standard InChI is InChI=1S/C41H44O21/c42-13-25-31(49)35(53)39(62-40-36(54)30(48)21(46)14-57-40)38(59-25)29-24(12-23-28(33(29)51)20(45)11-22(58-23)17-4-8-19(44)9-5-17)60-41-37(55)34(52)32(50)26(61-41)15-56-27(47)10-3-16-1-6-18(43)7-2-16/h1-12,21,25-26,30-32,34-44,46,48-55H,13-15H2. The van der Waals surface area contributed by atoms with E-state index in [2.05, 4.69) is 0 Å². The Balaban J connectivity index is 1.28. The summed E-state index contributed by atoms with van der Waals surface area (Å²) in [6.45, 7) is -2.20. The van der Waals surface area contributed by atoms with E-state index in [9.17, 15) is 70.9 Å². The number of esters is 1. The number of hydrogen-bond acceptors (Lipinski definition) is 21. The number of rotatable bonds is 11. The zero-order valence-corrected chi connectivity index (χ0v) is 32.2. The molecule has 62 heavy (non-hydrogen) atoms. The van der Waals surface area contributed by atoms with Crippen molar-refractivity contribution in [1.82, 2.24) is 0 Å². The second-order valence-corrected chi connectivity index (χ2v) is 14.8. The Morgan fingerprint density at radius 2 is 1.39 bits per heavy atom. The van der Waals surface area contributed by atoms with Crippen molar-refractivity contribution in [3.63, 3.8) is 0 Å². The fourth-order valence-corrected chi connectivity index (χ4v) is 7.20. The number of aromatic hydroxyl groups is 3. The molecule has 0 amide bonds. The van der Waals surface area contributed by atoms with Gasteiger partial charge in [-0.15, -0.1) is 0 Å². The van der Waals surface area contributed by atoms with Gasteiger partial charge in [0.25, 0.3) is 0 Å². The van der Waals surface area contributed by atoms with Gasteiger partial charge in [-0.25, -0.2) is 4.79 Å². The summed E-state index contributed by atoms with van der Waals surface area (Å²) < 4.78 is 40.2. The number of ether oxygens (including phenoxy) is 6. The van der Waals surface area contributed by atoms with E-state index in [1.165, 1.54) is 54.6 Å². The van der Waals surface area contributed by atoms with Gasteiger partial charge in [-0.1, -0.05) is 12.1 Å². The summed E-state index contributed by atoms with van der Waals surface area (Å²) in [6.07, 6.45) is -23.6. The normalized spacial score (nSPS) is 32.8. The number of carbonyl (C=O) groups excluding carboxylic acids is 1. The van der Waals surface area contributed by atoms with E-state index in [1.807, 2.05) is 0 Å². The summed E-state index contributed by atoms with van der Waals surface area (Å²) in [5, 5.41) is 127. The first kappa shape index (κ1) is 44.8. The predicted octanol–water partition coefficient (Wildman–Crippen LogP) is -2.00. The number of aliphatic hydroxyl groups is 9. The number of aliphatic hydroxyl groups excluding tert-OH is 9. The SMILES string of the molecule is O=C(C=Cc1ccc(O)cc1)OCC1OC(Oc2cc3oc(-c4ccc(O)cc4)cc(=O)c3c(O)c2C2OC(CO)C(O)C(O)C2OC2OCC(O)C(O)C2O)C(O)C(O)C1O. The van der Waals surface area contributed by atoms with Crippen LogP contribution in [0.4, 0.5) is 0 Å². The second-order valence-electron chi connectivity index (χ2n) is 14.8. The van der Waals surface area contributed by atoms with Gasteiger partial charge < -0.3 is 94.1 Å². The molecule has 0 bridgehead atoms. The van der Waals surface area contributed by atoms with Crippen LogP contribution in [0.5, 0.6) is 23.0 Å². The number of benzene rings is 3. The van der Waals surface area contributed by atoms with Gasteiger partial charge >= 0.3 is 5.97 Å². The van der Waals surface area contributed by atoms with E-state index >= 15 is 0 Å². The molecule has 21 nitrogen and oxygen atoms in total. The lowest BCUT2D eigenvalue weighted by molar-refractivity contribution is -0.325. The number of hydrogen-bond donors (Lipinski definition) is 12. The molecule has 12 N–H and O–H groups in total. The molecule has 3 aromatic carbocycles. The molecule has 0 aliphatic carbocycles. The lowest BCUT2D eigenvalue weighted by Crippen LogP contribution is -2.61. The van der Waals surface area contributed by atoms with Gasteiger partial charge in [-0.2, -0.15) is 0 Å². The molecule has 3 fully saturated rings. The second kappa shape index (κ2) is 18.6. The van der Waals surface area contributed by atoms with E-state index in [0.717, 1.165) is 18.2 Å². The zero-order valence-electron chi connectivity index (χ0n) is 32.2. The molecule has 1 aromatic heterocycles. The predicted molar refractivity (Wildman–Crippen MR) is 206 cm³/mol. The molecule has 334 valence electrons. The Morgan fingerprint density at radius 3 is 2.06 bits per heavy atom. The molecule has 21 heteroatoms. The summed E-state index contributed by atoms with van der Waals surface area (Å²) in [5.41, 5.74) is -0.978. The average molecular weight is 873 g/mol. The van der Waals surface area contributed by atoms with E-state index in [0.29, 0.717) is 11.1 Å². The van der Waals surface area contributed by atoms with Crippen molar-refractivity contribution in [1.29, 1.82) is 0 Å². The molecule has 4 aromatic rings. The Kier molecular flexibility index (Phi) is 13.5. The van der Waals surface area contributed by atoms with Crippen LogP contribution in [-0.4, -0.2) is 167 Å². The smallest absolute Gasteiger partial charge is 0.330 e. The molecule has 0 saturated carbocycles. The zero-order chi connectivity index (χ0) is 44.6. The van der Waals surface area contributed by atoms with Crippen LogP contribution in [0.2, 0.25) is 0 Å². The van der Waals surface area contributed by atoms with Crippen molar-refractivity contribution in [3.05, 3.63) is 88.1 Å². The van der Waals surface area contributed by atoms with Crippen LogP contribution in [0.15, 0.2) is 76.0 Å². The molecule has 3 saturated heterocycles. The fourth-order valence-electron chi connectivity index (χ4n) is 7.20. The van der Waals surface area contributed by atoms with Gasteiger partial charge in [0.2, 0.25) is 6.29 Å². The minimum absolute atomic E-state index is 0.00129. The molecular weight excluding hydrogens is 828 g/mol. The number of fused-ring (bicyclic) bond motifs is 1. The van der Waals surface area contributed by atoms with Crippen LogP contribution in [-0.2, 0) is 28.5 Å². The lowest BCUT2D eigenvalue weighted by atomic mass is 9.89. The molecule has 14 atom stereocenters. The first-order valence-electron chi connectivity index (χ1n) is 19.1. The molecule has 3 aliphatic heterocycles. The topological polar surface area (TPSA) is 345 Å². The number of carbonyl (C=O) groups is 1. The van der Waals surface area contributed by atoms with E-state index in [4.69, 9.17) is 32.8 Å². The van der Waals surface area contributed by atoms with Crippen LogP contribution in [0, 0.1) is 0 Å². The highest BCUT2D eigenvalue weighted by Gasteiger charge is 2.52. The maximum Gasteiger partial charge on any atom is 0.330 e. The van der Waals surface area contributed by atoms with Gasteiger partial charge in [-0.05, 0) is 48.0 Å². The highest BCUT2D eigenvalue weighted by Crippen LogP contribution is 2.47. The number of phenolic OH excluding ortho intramolecular Hbond substituents is 3. The first-order chi connectivity index (χ1) is 29.6. The Labute approximate surface area is 349 Å². The average Bonchev–Trinajstić information content (AvgIpc) is 3.25. The largest absolute Gasteiger partial charge is 0.508 e. The maximum atomic E-state index is 13.8. The molecule has 3 aliphatic rings. The molecule has 14 unspecified atom stereocenters. The monoisotopic (exact) mass is 872 g/mol. The summed E-state index contributed by atoms with van der Waals surface area (Å²) >= 11 is 0. The Bertz CT molecular complexity index is 2280. The summed E-state index contributed by atoms with van der Waals surface area (Å²) in [4.78, 5) is 26.4. The quantitative estimate of drug-likeness (QED) is 0.0573. The van der Waals surface area contributed by atoms with Crippen molar-refractivity contribution in [3.8, 4) is 34.3 Å². The van der Waals surface area contributed by atoms with Crippen molar-refractivity contribution in [2.75, 3.05) is 19.8 Å². The van der Waals surface area contributed by atoms with Crippen LogP contribution < -0.4 is 10.2 Å².